The van der Waals surface area contributed by atoms with Crippen molar-refractivity contribution < 1.29 is 5.11 Å². The van der Waals surface area contributed by atoms with Crippen LogP contribution in [-0.2, 0) is 0 Å². The molecule has 2 rings (SSSR count). The van der Waals surface area contributed by atoms with Gasteiger partial charge in [0, 0.05) is 11.4 Å². The standard InChI is InChI=1S/C16H19NOS/c1-13-9-11-19-16(13)15(12-18)17-10-5-8-14-6-3-2-4-7-14/h2-9,11,15,17-18H,10,12H2,1H3/b8-5+. The van der Waals surface area contributed by atoms with Gasteiger partial charge in [-0.3, -0.25) is 0 Å². The van der Waals surface area contributed by atoms with Gasteiger partial charge in [-0.15, -0.1) is 11.3 Å². The van der Waals surface area contributed by atoms with Crippen LogP contribution in [0.4, 0.5) is 0 Å². The number of rotatable bonds is 6. The average molecular weight is 273 g/mol. The van der Waals surface area contributed by atoms with E-state index in [0.29, 0.717) is 0 Å². The Bertz CT molecular complexity index is 519. The van der Waals surface area contributed by atoms with Crippen LogP contribution in [0.15, 0.2) is 47.9 Å². The van der Waals surface area contributed by atoms with Crippen molar-refractivity contribution >= 4 is 17.4 Å². The summed E-state index contributed by atoms with van der Waals surface area (Å²) in [6, 6.07) is 12.3. The van der Waals surface area contributed by atoms with Crippen molar-refractivity contribution in [3.8, 4) is 0 Å². The van der Waals surface area contributed by atoms with Crippen molar-refractivity contribution in [1.29, 1.82) is 0 Å². The molecule has 2 nitrogen and oxygen atoms in total. The Morgan fingerprint density at radius 2 is 2.05 bits per heavy atom. The second kappa shape index (κ2) is 7.24. The van der Waals surface area contributed by atoms with Crippen LogP contribution < -0.4 is 5.32 Å². The van der Waals surface area contributed by atoms with Crippen molar-refractivity contribution in [2.45, 2.75) is 13.0 Å². The zero-order valence-electron chi connectivity index (χ0n) is 11.0. The van der Waals surface area contributed by atoms with Crippen LogP contribution in [0, 0.1) is 6.92 Å². The number of aryl methyl sites for hydroxylation is 1. The van der Waals surface area contributed by atoms with E-state index in [2.05, 4.69) is 48.0 Å². The molecule has 0 aliphatic heterocycles. The second-order valence-electron chi connectivity index (χ2n) is 4.42. The Labute approximate surface area is 118 Å². The highest BCUT2D eigenvalue weighted by Crippen LogP contribution is 2.23. The normalized spacial score (nSPS) is 12.9. The fourth-order valence-corrected chi connectivity index (χ4v) is 2.95. The van der Waals surface area contributed by atoms with Crippen LogP contribution in [0.1, 0.15) is 22.0 Å². The molecule has 1 unspecified atom stereocenters. The first-order valence-electron chi connectivity index (χ1n) is 6.41. The van der Waals surface area contributed by atoms with E-state index in [-0.39, 0.29) is 12.6 Å². The van der Waals surface area contributed by atoms with Gasteiger partial charge in [0.2, 0.25) is 0 Å². The molecule has 19 heavy (non-hydrogen) atoms. The lowest BCUT2D eigenvalue weighted by Crippen LogP contribution is -2.24. The molecule has 0 spiro atoms. The SMILES string of the molecule is Cc1ccsc1C(CO)NC/C=C/c1ccccc1. The predicted molar refractivity (Wildman–Crippen MR) is 82.4 cm³/mol. The summed E-state index contributed by atoms with van der Waals surface area (Å²) in [5.74, 6) is 0. The van der Waals surface area contributed by atoms with Crippen LogP contribution >= 0.6 is 11.3 Å². The maximum atomic E-state index is 9.46. The van der Waals surface area contributed by atoms with E-state index in [1.807, 2.05) is 18.2 Å². The lowest BCUT2D eigenvalue weighted by Gasteiger charge is -2.14. The first-order chi connectivity index (χ1) is 9.31. The molecule has 1 atom stereocenters. The molecule has 2 aromatic rings. The van der Waals surface area contributed by atoms with Gasteiger partial charge in [-0.2, -0.15) is 0 Å². The van der Waals surface area contributed by atoms with Gasteiger partial charge in [0.25, 0.3) is 0 Å². The number of nitrogens with one attached hydrogen (secondary N) is 1. The molecule has 0 radical (unpaired) electrons. The summed E-state index contributed by atoms with van der Waals surface area (Å²) in [7, 11) is 0. The minimum Gasteiger partial charge on any atom is -0.394 e. The van der Waals surface area contributed by atoms with Crippen molar-refractivity contribution in [1.82, 2.24) is 5.32 Å². The molecule has 0 fully saturated rings. The third-order valence-electron chi connectivity index (χ3n) is 2.99. The smallest absolute Gasteiger partial charge is 0.0654 e. The highest BCUT2D eigenvalue weighted by molar-refractivity contribution is 7.10. The van der Waals surface area contributed by atoms with Gasteiger partial charge >= 0.3 is 0 Å². The van der Waals surface area contributed by atoms with Crippen LogP contribution in [0.3, 0.4) is 0 Å². The minimum absolute atomic E-state index is 0.0282. The van der Waals surface area contributed by atoms with Gasteiger partial charge in [-0.1, -0.05) is 42.5 Å². The van der Waals surface area contributed by atoms with Crippen molar-refractivity contribution in [2.75, 3.05) is 13.2 Å². The minimum atomic E-state index is 0.0282. The molecule has 1 heterocycles. The lowest BCUT2D eigenvalue weighted by molar-refractivity contribution is 0.249. The first-order valence-corrected chi connectivity index (χ1v) is 7.29. The Hall–Kier alpha value is -1.42. The second-order valence-corrected chi connectivity index (χ2v) is 5.37. The molecule has 0 aliphatic carbocycles. The number of hydrogen-bond donors (Lipinski definition) is 2. The Morgan fingerprint density at radius 3 is 2.68 bits per heavy atom. The predicted octanol–water partition coefficient (Wildman–Crippen LogP) is 3.39. The summed E-state index contributed by atoms with van der Waals surface area (Å²) in [6.07, 6.45) is 4.17. The van der Waals surface area contributed by atoms with E-state index in [9.17, 15) is 5.11 Å². The Balaban J connectivity index is 1.88. The molecule has 1 aromatic carbocycles. The number of benzene rings is 1. The molecule has 3 heteroatoms. The number of aliphatic hydroxyl groups excluding tert-OH is 1. The third kappa shape index (κ3) is 4.03. The van der Waals surface area contributed by atoms with E-state index in [0.717, 1.165) is 6.54 Å². The fraction of sp³-hybridized carbons (Fsp3) is 0.250. The van der Waals surface area contributed by atoms with E-state index in [4.69, 9.17) is 0 Å². The molecular formula is C16H19NOS. The Kier molecular flexibility index (Phi) is 5.33. The van der Waals surface area contributed by atoms with Gasteiger partial charge in [-0.25, -0.2) is 0 Å². The highest BCUT2D eigenvalue weighted by atomic mass is 32.1. The molecule has 0 saturated carbocycles. The number of hydrogen-bond acceptors (Lipinski definition) is 3. The molecule has 0 saturated heterocycles. The number of thiophene rings is 1. The summed E-state index contributed by atoms with van der Waals surface area (Å²) in [4.78, 5) is 1.22. The van der Waals surface area contributed by atoms with Gasteiger partial charge in [0.05, 0.1) is 12.6 Å². The quantitative estimate of drug-likeness (QED) is 0.845. The summed E-state index contributed by atoms with van der Waals surface area (Å²) >= 11 is 1.69. The van der Waals surface area contributed by atoms with E-state index in [1.54, 1.807) is 11.3 Å². The molecular weight excluding hydrogens is 254 g/mol. The van der Waals surface area contributed by atoms with Crippen LogP contribution in [0.25, 0.3) is 6.08 Å². The molecule has 0 bridgehead atoms. The summed E-state index contributed by atoms with van der Waals surface area (Å²) in [5.41, 5.74) is 2.43. The molecule has 1 aromatic heterocycles. The summed E-state index contributed by atoms with van der Waals surface area (Å²) in [6.45, 7) is 2.95. The van der Waals surface area contributed by atoms with Gasteiger partial charge in [0.1, 0.15) is 0 Å². The van der Waals surface area contributed by atoms with Crippen LogP contribution in [0.5, 0.6) is 0 Å². The van der Waals surface area contributed by atoms with Crippen molar-refractivity contribution in [3.63, 3.8) is 0 Å². The molecule has 2 N–H and O–H groups in total. The van der Waals surface area contributed by atoms with Gasteiger partial charge in [-0.05, 0) is 29.5 Å². The van der Waals surface area contributed by atoms with Crippen LogP contribution in [-0.4, -0.2) is 18.3 Å². The fourth-order valence-electron chi connectivity index (χ4n) is 1.95. The van der Waals surface area contributed by atoms with Crippen LogP contribution in [0.2, 0.25) is 0 Å². The van der Waals surface area contributed by atoms with Gasteiger partial charge in [0.15, 0.2) is 0 Å². The highest BCUT2D eigenvalue weighted by Gasteiger charge is 2.12. The first kappa shape index (κ1) is 14.0. The zero-order valence-corrected chi connectivity index (χ0v) is 11.9. The zero-order chi connectivity index (χ0) is 13.5. The average Bonchev–Trinajstić information content (AvgIpc) is 2.86. The monoisotopic (exact) mass is 273 g/mol. The maximum absolute atomic E-state index is 9.46. The van der Waals surface area contributed by atoms with Crippen molar-refractivity contribution in [2.24, 2.45) is 0 Å². The van der Waals surface area contributed by atoms with E-state index in [1.165, 1.54) is 16.0 Å². The van der Waals surface area contributed by atoms with Crippen molar-refractivity contribution in [3.05, 3.63) is 63.9 Å². The molecule has 0 amide bonds. The van der Waals surface area contributed by atoms with Gasteiger partial charge < -0.3 is 10.4 Å². The molecule has 100 valence electrons. The third-order valence-corrected chi connectivity index (χ3v) is 4.13. The maximum Gasteiger partial charge on any atom is 0.0654 e. The van der Waals surface area contributed by atoms with E-state index < -0.39 is 0 Å². The topological polar surface area (TPSA) is 32.3 Å². The largest absolute Gasteiger partial charge is 0.394 e. The summed E-state index contributed by atoms with van der Waals surface area (Å²) in [5, 5.41) is 14.9. The Morgan fingerprint density at radius 1 is 1.26 bits per heavy atom. The number of aliphatic hydroxyl groups is 1. The van der Waals surface area contributed by atoms with E-state index >= 15 is 0 Å². The lowest BCUT2D eigenvalue weighted by atomic mass is 10.1. The summed E-state index contributed by atoms with van der Waals surface area (Å²) < 4.78 is 0. The molecule has 0 aliphatic rings.